The molecule has 10 heteroatoms. The lowest BCUT2D eigenvalue weighted by Gasteiger charge is -2.48. The number of hydrogen-bond acceptors (Lipinski definition) is 6. The average Bonchev–Trinajstić information content (AvgIpc) is 3.85. The van der Waals surface area contributed by atoms with Crippen molar-refractivity contribution in [1.29, 1.82) is 0 Å². The number of piperazine rings is 2. The van der Waals surface area contributed by atoms with E-state index in [9.17, 15) is 19.2 Å². The van der Waals surface area contributed by atoms with Crippen molar-refractivity contribution in [2.45, 2.75) is 105 Å². The number of anilines is 2. The lowest BCUT2D eigenvalue weighted by atomic mass is 9.54. The van der Waals surface area contributed by atoms with E-state index in [2.05, 4.69) is 33.4 Å². The summed E-state index contributed by atoms with van der Waals surface area (Å²) in [6.07, 6.45) is 6.45. The number of hydrogen-bond donors (Lipinski definition) is 4. The molecule has 3 aromatic carbocycles. The van der Waals surface area contributed by atoms with Gasteiger partial charge in [0.05, 0.1) is 10.8 Å². The first-order valence-electron chi connectivity index (χ1n) is 18.4. The van der Waals surface area contributed by atoms with E-state index >= 15 is 0 Å². The number of benzene rings is 3. The highest BCUT2D eigenvalue weighted by atomic mass is 16.2. The van der Waals surface area contributed by atoms with Crippen LogP contribution in [0.15, 0.2) is 78.9 Å². The number of amides is 4. The molecule has 7 aliphatic rings. The van der Waals surface area contributed by atoms with Gasteiger partial charge in [-0.3, -0.25) is 19.2 Å². The van der Waals surface area contributed by atoms with Gasteiger partial charge in [0.1, 0.15) is 36.5 Å². The Morgan fingerprint density at radius 3 is 1.66 bits per heavy atom. The van der Waals surface area contributed by atoms with Gasteiger partial charge in [0.25, 0.3) is 0 Å². The molecule has 0 radical (unpaired) electrons. The molecule has 4 saturated heterocycles. The standard InChI is InChI=1S/C40H42N6O4/c47-33-31-21-39(25-15-7-9-17-27(25)43-37(39)45(31)35(49)29(41-33)19-23-11-3-1-4-12-23)40-22-32-34(48)42-30(20-24-13-5-2-6-14-24)36(50)46(32)38(40)44-28-18-10-8-16-26(28)40/h1,3-4,7-12,15-18,24,29-32,37-38,43-44H,2,5-6,13-14,19-22H2,(H,41,47)(H,42,48)/t29-,30-,31-,32-,37+,38+,39+,40-/m0/s1. The van der Waals surface area contributed by atoms with Crippen LogP contribution in [0.25, 0.3) is 0 Å². The Kier molecular flexibility index (Phi) is 6.49. The van der Waals surface area contributed by atoms with E-state index in [1.807, 2.05) is 76.5 Å². The zero-order chi connectivity index (χ0) is 33.8. The molecular weight excluding hydrogens is 628 g/mol. The SMILES string of the molecule is O=C1N[C@@H](CC2CCCCC2)C(=O)N2[C@H]3Nc4ccccc4[C@@]3([C@@]34C[C@H]5C(=O)N[C@@H](Cc6ccccc6)C(=O)N5[C@H]3Nc3ccccc34)C[C@@H]12. The molecule has 4 N–H and O–H groups in total. The van der Waals surface area contributed by atoms with Gasteiger partial charge >= 0.3 is 0 Å². The predicted molar refractivity (Wildman–Crippen MR) is 187 cm³/mol. The monoisotopic (exact) mass is 670 g/mol. The molecule has 6 heterocycles. The summed E-state index contributed by atoms with van der Waals surface area (Å²) in [7, 11) is 0. The van der Waals surface area contributed by atoms with Crippen LogP contribution in [0.5, 0.6) is 0 Å². The normalized spacial score (nSPS) is 35.2. The lowest BCUT2D eigenvalue weighted by Crippen LogP contribution is -2.66. The quantitative estimate of drug-likeness (QED) is 0.328. The average molecular weight is 671 g/mol. The Labute approximate surface area is 291 Å². The molecule has 256 valence electrons. The van der Waals surface area contributed by atoms with Crippen molar-refractivity contribution in [1.82, 2.24) is 20.4 Å². The van der Waals surface area contributed by atoms with Gasteiger partial charge < -0.3 is 31.1 Å². The van der Waals surface area contributed by atoms with Gasteiger partial charge in [-0.15, -0.1) is 0 Å². The van der Waals surface area contributed by atoms with Crippen LogP contribution in [-0.4, -0.2) is 69.9 Å². The fourth-order valence-corrected chi connectivity index (χ4v) is 11.3. The number of carbonyl (C=O) groups excluding carboxylic acids is 4. The Morgan fingerprint density at radius 1 is 0.580 bits per heavy atom. The van der Waals surface area contributed by atoms with Gasteiger partial charge in [-0.2, -0.15) is 0 Å². The molecule has 5 fully saturated rings. The summed E-state index contributed by atoms with van der Waals surface area (Å²) in [5, 5.41) is 13.8. The second-order valence-corrected chi connectivity index (χ2v) is 15.6. The van der Waals surface area contributed by atoms with E-state index in [0.717, 1.165) is 40.9 Å². The molecule has 0 aromatic heterocycles. The number of carbonyl (C=O) groups is 4. The van der Waals surface area contributed by atoms with Gasteiger partial charge in [0, 0.05) is 17.8 Å². The van der Waals surface area contributed by atoms with Gasteiger partial charge in [0.15, 0.2) is 0 Å². The smallest absolute Gasteiger partial charge is 0.247 e. The second kappa shape index (κ2) is 10.8. The number of rotatable bonds is 5. The van der Waals surface area contributed by atoms with Crippen LogP contribution in [0.4, 0.5) is 11.4 Å². The zero-order valence-corrected chi connectivity index (χ0v) is 27.9. The first-order valence-corrected chi connectivity index (χ1v) is 18.4. The summed E-state index contributed by atoms with van der Waals surface area (Å²) in [5.74, 6) is -0.00783. The lowest BCUT2D eigenvalue weighted by molar-refractivity contribution is -0.149. The molecule has 0 unspecified atom stereocenters. The fraction of sp³-hybridized carbons (Fsp3) is 0.450. The van der Waals surface area contributed by atoms with E-state index in [4.69, 9.17) is 0 Å². The third kappa shape index (κ3) is 3.90. The maximum atomic E-state index is 14.7. The second-order valence-electron chi connectivity index (χ2n) is 15.6. The van der Waals surface area contributed by atoms with E-state index in [-0.39, 0.29) is 23.6 Å². The van der Waals surface area contributed by atoms with E-state index in [1.165, 1.54) is 19.3 Å². The Hall–Kier alpha value is -4.86. The van der Waals surface area contributed by atoms with Gasteiger partial charge in [0.2, 0.25) is 23.6 Å². The number of nitrogens with zero attached hydrogens (tertiary/aromatic N) is 2. The van der Waals surface area contributed by atoms with Gasteiger partial charge in [-0.1, -0.05) is 98.8 Å². The highest BCUT2D eigenvalue weighted by Gasteiger charge is 2.78. The topological polar surface area (TPSA) is 123 Å². The molecule has 3 aromatic rings. The third-order valence-corrected chi connectivity index (χ3v) is 13.3. The molecule has 8 atom stereocenters. The first-order chi connectivity index (χ1) is 24.4. The van der Waals surface area contributed by atoms with Gasteiger partial charge in [-0.25, -0.2) is 0 Å². The zero-order valence-electron chi connectivity index (χ0n) is 27.9. The minimum atomic E-state index is -0.829. The van der Waals surface area contributed by atoms with Crippen LogP contribution in [0.2, 0.25) is 0 Å². The number of nitrogens with one attached hydrogen (secondary N) is 4. The Morgan fingerprint density at radius 2 is 1.08 bits per heavy atom. The third-order valence-electron chi connectivity index (χ3n) is 13.3. The van der Waals surface area contributed by atoms with Crippen molar-refractivity contribution in [3.63, 3.8) is 0 Å². The molecule has 0 bridgehead atoms. The van der Waals surface area contributed by atoms with Crippen LogP contribution < -0.4 is 21.3 Å². The van der Waals surface area contributed by atoms with Crippen molar-refractivity contribution < 1.29 is 19.2 Å². The van der Waals surface area contributed by atoms with E-state index < -0.39 is 47.3 Å². The molecular formula is C40H42N6O4. The first kappa shape index (κ1) is 30.0. The van der Waals surface area contributed by atoms with E-state index in [1.54, 1.807) is 0 Å². The summed E-state index contributed by atoms with van der Waals surface area (Å²) in [4.78, 5) is 61.4. The molecule has 10 nitrogen and oxygen atoms in total. The summed E-state index contributed by atoms with van der Waals surface area (Å²) in [6, 6.07) is 23.5. The molecule has 0 spiro atoms. The van der Waals surface area contributed by atoms with Crippen LogP contribution >= 0.6 is 0 Å². The minimum Gasteiger partial charge on any atom is -0.364 e. The maximum absolute atomic E-state index is 14.7. The Balaban J connectivity index is 1.11. The molecule has 1 saturated carbocycles. The van der Waals surface area contributed by atoms with Crippen LogP contribution in [0.3, 0.4) is 0 Å². The highest BCUT2D eigenvalue weighted by molar-refractivity contribution is 6.01. The van der Waals surface area contributed by atoms with Crippen molar-refractivity contribution >= 4 is 35.0 Å². The summed E-state index contributed by atoms with van der Waals surface area (Å²) in [5.41, 5.74) is 3.23. The van der Waals surface area contributed by atoms with E-state index in [0.29, 0.717) is 31.6 Å². The predicted octanol–water partition coefficient (Wildman–Crippen LogP) is 3.78. The van der Waals surface area contributed by atoms with Crippen LogP contribution in [0, 0.1) is 5.92 Å². The molecule has 4 amide bonds. The molecule has 6 aliphatic heterocycles. The number of para-hydroxylation sites is 2. The molecule has 10 rings (SSSR count). The Bertz CT molecular complexity index is 1930. The van der Waals surface area contributed by atoms with Crippen molar-refractivity contribution in [3.05, 3.63) is 95.6 Å². The summed E-state index contributed by atoms with van der Waals surface area (Å²) >= 11 is 0. The number of fused-ring (bicyclic) bond motifs is 11. The maximum Gasteiger partial charge on any atom is 0.247 e. The fourth-order valence-electron chi connectivity index (χ4n) is 11.3. The molecule has 1 aliphatic carbocycles. The molecule has 50 heavy (non-hydrogen) atoms. The summed E-state index contributed by atoms with van der Waals surface area (Å²) < 4.78 is 0. The highest BCUT2D eigenvalue weighted by Crippen LogP contribution is 2.68. The minimum absolute atomic E-state index is 0.0352. The van der Waals surface area contributed by atoms with Crippen molar-refractivity contribution in [3.8, 4) is 0 Å². The summed E-state index contributed by atoms with van der Waals surface area (Å²) in [6.45, 7) is 0. The van der Waals surface area contributed by atoms with Crippen LogP contribution in [-0.2, 0) is 36.4 Å². The van der Waals surface area contributed by atoms with Crippen LogP contribution in [0.1, 0.15) is 68.1 Å². The van der Waals surface area contributed by atoms with Crippen molar-refractivity contribution in [2.24, 2.45) is 5.92 Å². The van der Waals surface area contributed by atoms with Gasteiger partial charge in [-0.05, 0) is 54.0 Å². The largest absolute Gasteiger partial charge is 0.364 e. The van der Waals surface area contributed by atoms with Crippen molar-refractivity contribution in [2.75, 3.05) is 10.6 Å².